The Labute approximate surface area is 271 Å². The van der Waals surface area contributed by atoms with Crippen LogP contribution in [0.25, 0.3) is 6.08 Å². The van der Waals surface area contributed by atoms with E-state index < -0.39 is 18.0 Å². The smallest absolute Gasteiger partial charge is 0.338 e. The van der Waals surface area contributed by atoms with E-state index in [1.54, 1.807) is 42.7 Å². The summed E-state index contributed by atoms with van der Waals surface area (Å²) < 4.78 is 20.1. The lowest BCUT2D eigenvalue weighted by atomic mass is 9.95. The number of hydrogen-bond donors (Lipinski definition) is 1. The van der Waals surface area contributed by atoms with Crippen molar-refractivity contribution in [3.63, 3.8) is 0 Å². The summed E-state index contributed by atoms with van der Waals surface area (Å²) in [5.74, 6) is -0.355. The summed E-state index contributed by atoms with van der Waals surface area (Å²) in [5, 5.41) is 9.09. The standard InChI is InChI=1S/C34H31BrN2O7S/c1-5-42-33(41)29-20(4)36-34-37(30(29)24-8-6-7-9-26(24)44-19(2)3)31(38)28(45-34)17-22-12-15-27(25(35)16-22)43-18-21-10-13-23(14-11-21)32(39)40/h6-17,19,30H,5,18H2,1-4H3,(H,39,40)/b28-17+/t30-/m0/s1. The molecule has 0 spiro atoms. The third-order valence-corrected chi connectivity index (χ3v) is 8.54. The monoisotopic (exact) mass is 690 g/mol. The Balaban J connectivity index is 1.51. The predicted molar refractivity (Wildman–Crippen MR) is 174 cm³/mol. The Morgan fingerprint density at radius 3 is 2.49 bits per heavy atom. The maximum absolute atomic E-state index is 14.0. The number of carbonyl (C=O) groups is 2. The molecule has 1 aliphatic rings. The number of aromatic nitrogens is 1. The highest BCUT2D eigenvalue weighted by molar-refractivity contribution is 9.10. The van der Waals surface area contributed by atoms with Crippen molar-refractivity contribution in [2.75, 3.05) is 6.61 Å². The lowest BCUT2D eigenvalue weighted by Crippen LogP contribution is -2.40. The highest BCUT2D eigenvalue weighted by Crippen LogP contribution is 2.36. The molecular formula is C34H31BrN2O7S. The second-order valence-electron chi connectivity index (χ2n) is 10.5. The van der Waals surface area contributed by atoms with Crippen molar-refractivity contribution in [3.05, 3.63) is 124 Å². The van der Waals surface area contributed by atoms with E-state index in [9.17, 15) is 14.4 Å². The maximum atomic E-state index is 14.0. The van der Waals surface area contributed by atoms with Crippen molar-refractivity contribution in [2.45, 2.75) is 46.4 Å². The lowest BCUT2D eigenvalue weighted by Gasteiger charge is -2.26. The molecule has 9 nitrogen and oxygen atoms in total. The molecule has 0 saturated heterocycles. The molecule has 2 heterocycles. The van der Waals surface area contributed by atoms with Crippen molar-refractivity contribution >= 4 is 45.3 Å². The first-order chi connectivity index (χ1) is 21.6. The average molecular weight is 692 g/mol. The number of carboxylic acids is 1. The van der Waals surface area contributed by atoms with Gasteiger partial charge >= 0.3 is 11.9 Å². The molecule has 0 saturated carbocycles. The molecule has 0 amide bonds. The highest BCUT2D eigenvalue weighted by atomic mass is 79.9. The Bertz CT molecular complexity index is 1980. The van der Waals surface area contributed by atoms with E-state index in [0.29, 0.717) is 36.6 Å². The largest absolute Gasteiger partial charge is 0.491 e. The van der Waals surface area contributed by atoms with E-state index in [1.165, 1.54) is 23.5 Å². The van der Waals surface area contributed by atoms with Gasteiger partial charge in [0, 0.05) is 5.56 Å². The number of benzene rings is 3. The van der Waals surface area contributed by atoms with Crippen molar-refractivity contribution in [3.8, 4) is 11.5 Å². The molecule has 0 bridgehead atoms. The number of fused-ring (bicyclic) bond motifs is 1. The molecular weight excluding hydrogens is 660 g/mol. The number of esters is 1. The van der Waals surface area contributed by atoms with Crippen molar-refractivity contribution in [2.24, 2.45) is 4.99 Å². The van der Waals surface area contributed by atoms with Crippen LogP contribution in [0.3, 0.4) is 0 Å². The molecule has 5 rings (SSSR count). The van der Waals surface area contributed by atoms with E-state index >= 15 is 0 Å². The van der Waals surface area contributed by atoms with E-state index in [4.69, 9.17) is 19.3 Å². The van der Waals surface area contributed by atoms with Crippen LogP contribution in [-0.4, -0.2) is 34.3 Å². The number of carboxylic acid groups (broad SMARTS) is 1. The van der Waals surface area contributed by atoms with Gasteiger partial charge in [-0.15, -0.1) is 0 Å². The van der Waals surface area contributed by atoms with Gasteiger partial charge in [-0.25, -0.2) is 14.6 Å². The fourth-order valence-corrected chi connectivity index (χ4v) is 6.49. The third kappa shape index (κ3) is 6.94. The molecule has 232 valence electrons. The van der Waals surface area contributed by atoms with Gasteiger partial charge in [0.25, 0.3) is 5.56 Å². The number of halogens is 1. The molecule has 0 aliphatic carbocycles. The number of rotatable bonds is 10. The number of hydrogen-bond acceptors (Lipinski definition) is 8. The first kappa shape index (κ1) is 31.9. The van der Waals surface area contributed by atoms with Crippen molar-refractivity contribution in [1.82, 2.24) is 4.57 Å². The minimum Gasteiger partial charge on any atom is -0.491 e. The van der Waals surface area contributed by atoms with Crippen LogP contribution in [-0.2, 0) is 16.1 Å². The molecule has 11 heteroatoms. The van der Waals surface area contributed by atoms with Gasteiger partial charge in [0.15, 0.2) is 4.80 Å². The summed E-state index contributed by atoms with van der Waals surface area (Å²) in [6, 6.07) is 18.6. The van der Waals surface area contributed by atoms with Gasteiger partial charge in [-0.05, 0) is 91.2 Å². The van der Waals surface area contributed by atoms with Crippen LogP contribution >= 0.6 is 27.3 Å². The van der Waals surface area contributed by atoms with Crippen LogP contribution in [0.1, 0.15) is 60.8 Å². The average Bonchev–Trinajstić information content (AvgIpc) is 3.30. The predicted octanol–water partition coefficient (Wildman–Crippen LogP) is 5.63. The fraction of sp³-hybridized carbons (Fsp3) is 0.235. The first-order valence-electron chi connectivity index (χ1n) is 14.3. The molecule has 0 unspecified atom stereocenters. The second kappa shape index (κ2) is 13.7. The van der Waals surface area contributed by atoms with Crippen LogP contribution in [0.15, 0.2) is 92.3 Å². The van der Waals surface area contributed by atoms with Gasteiger partial charge < -0.3 is 19.3 Å². The molecule has 0 radical (unpaired) electrons. The number of thiazole rings is 1. The molecule has 1 aromatic heterocycles. The van der Waals surface area contributed by atoms with Gasteiger partial charge in [-0.1, -0.05) is 47.7 Å². The number of allylic oxidation sites excluding steroid dienone is 1. The zero-order valence-electron chi connectivity index (χ0n) is 25.1. The molecule has 0 fully saturated rings. The zero-order chi connectivity index (χ0) is 32.2. The molecule has 1 atom stereocenters. The molecule has 3 aromatic carbocycles. The van der Waals surface area contributed by atoms with Crippen LogP contribution in [0.4, 0.5) is 0 Å². The van der Waals surface area contributed by atoms with Crippen LogP contribution in [0.2, 0.25) is 0 Å². The minimum absolute atomic E-state index is 0.124. The highest BCUT2D eigenvalue weighted by Gasteiger charge is 2.35. The molecule has 1 N–H and O–H groups in total. The van der Waals surface area contributed by atoms with Gasteiger partial charge in [0.2, 0.25) is 0 Å². The quantitative estimate of drug-likeness (QED) is 0.215. The Morgan fingerprint density at radius 2 is 1.82 bits per heavy atom. The summed E-state index contributed by atoms with van der Waals surface area (Å²) in [5.41, 5.74) is 2.93. The SMILES string of the molecule is CCOC(=O)C1=C(C)N=c2s/c(=C/c3ccc(OCc4ccc(C(=O)O)cc4)c(Br)c3)c(=O)n2[C@H]1c1ccccc1OC(C)C. The summed E-state index contributed by atoms with van der Waals surface area (Å²) in [6.07, 6.45) is 1.65. The van der Waals surface area contributed by atoms with E-state index in [-0.39, 0.29) is 36.0 Å². The second-order valence-corrected chi connectivity index (χ2v) is 12.4. The van der Waals surface area contributed by atoms with Crippen LogP contribution in [0, 0.1) is 0 Å². The number of ether oxygens (including phenoxy) is 3. The Kier molecular flexibility index (Phi) is 9.69. The summed E-state index contributed by atoms with van der Waals surface area (Å²) in [6.45, 7) is 7.76. The summed E-state index contributed by atoms with van der Waals surface area (Å²) in [7, 11) is 0. The third-order valence-electron chi connectivity index (χ3n) is 6.94. The topological polar surface area (TPSA) is 116 Å². The maximum Gasteiger partial charge on any atom is 0.338 e. The lowest BCUT2D eigenvalue weighted by molar-refractivity contribution is -0.139. The number of aromatic carboxylic acids is 1. The number of para-hydroxylation sites is 1. The molecule has 1 aliphatic heterocycles. The van der Waals surface area contributed by atoms with E-state index in [1.807, 2.05) is 50.2 Å². The minimum atomic E-state index is -0.983. The van der Waals surface area contributed by atoms with E-state index in [0.717, 1.165) is 11.1 Å². The van der Waals surface area contributed by atoms with Gasteiger partial charge in [-0.3, -0.25) is 9.36 Å². The van der Waals surface area contributed by atoms with Crippen molar-refractivity contribution in [1.29, 1.82) is 0 Å². The number of carbonyl (C=O) groups excluding carboxylic acids is 1. The Morgan fingerprint density at radius 1 is 1.09 bits per heavy atom. The van der Waals surface area contributed by atoms with Crippen LogP contribution in [0.5, 0.6) is 11.5 Å². The normalized spacial score (nSPS) is 14.6. The first-order valence-corrected chi connectivity index (χ1v) is 15.9. The fourth-order valence-electron chi connectivity index (χ4n) is 4.93. The summed E-state index contributed by atoms with van der Waals surface area (Å²) in [4.78, 5) is 43.5. The number of nitrogens with zero attached hydrogens (tertiary/aromatic N) is 2. The van der Waals surface area contributed by atoms with Gasteiger partial charge in [0.05, 0.1) is 38.5 Å². The Hall–Kier alpha value is -4.48. The van der Waals surface area contributed by atoms with Crippen LogP contribution < -0.4 is 24.4 Å². The van der Waals surface area contributed by atoms with Gasteiger partial charge in [0.1, 0.15) is 24.1 Å². The summed E-state index contributed by atoms with van der Waals surface area (Å²) >= 11 is 4.80. The van der Waals surface area contributed by atoms with Crippen molar-refractivity contribution < 1.29 is 28.9 Å². The zero-order valence-corrected chi connectivity index (χ0v) is 27.5. The molecule has 4 aromatic rings. The van der Waals surface area contributed by atoms with Gasteiger partial charge in [-0.2, -0.15) is 0 Å². The van der Waals surface area contributed by atoms with E-state index in [2.05, 4.69) is 20.9 Å². The molecule has 45 heavy (non-hydrogen) atoms.